The van der Waals surface area contributed by atoms with Crippen LogP contribution in [0.25, 0.3) is 0 Å². The number of esters is 1. The molecular formula is C8H10O4S. The van der Waals surface area contributed by atoms with Gasteiger partial charge in [0.25, 0.3) is 0 Å². The molecule has 5 heteroatoms. The van der Waals surface area contributed by atoms with E-state index in [1.807, 2.05) is 0 Å². The van der Waals surface area contributed by atoms with Crippen LogP contribution < -0.4 is 0 Å². The van der Waals surface area contributed by atoms with Gasteiger partial charge >= 0.3 is 5.97 Å². The lowest BCUT2D eigenvalue weighted by atomic mass is 10.2. The number of carbonyl (C=O) groups excluding carboxylic acids is 1. The second kappa shape index (κ2) is 3.79. The summed E-state index contributed by atoms with van der Waals surface area (Å²) >= 11 is 0. The Morgan fingerprint density at radius 3 is 2.69 bits per heavy atom. The van der Waals surface area contributed by atoms with E-state index in [9.17, 15) is 13.2 Å². The molecule has 1 fully saturated rings. The van der Waals surface area contributed by atoms with Gasteiger partial charge in [0.1, 0.15) is 5.25 Å². The molecule has 0 N–H and O–H groups in total. The van der Waals surface area contributed by atoms with Gasteiger partial charge < -0.3 is 4.74 Å². The maximum absolute atomic E-state index is 11.2. The largest absolute Gasteiger partial charge is 0.459 e. The second-order valence-electron chi connectivity index (χ2n) is 2.76. The Morgan fingerprint density at radius 1 is 1.54 bits per heavy atom. The Labute approximate surface area is 77.2 Å². The standard InChI is InChI=1S/C8H10O4S/c1-12-8(9)5-4-7-3-2-6-13(7,10)11/h7H,2-3,6H2,1H3. The van der Waals surface area contributed by atoms with Crippen molar-refractivity contribution in [1.29, 1.82) is 0 Å². The van der Waals surface area contributed by atoms with E-state index in [1.165, 1.54) is 7.11 Å². The summed E-state index contributed by atoms with van der Waals surface area (Å²) in [7, 11) is -1.86. The highest BCUT2D eigenvalue weighted by Gasteiger charge is 2.29. The first kappa shape index (κ1) is 10.1. The quantitative estimate of drug-likeness (QED) is 0.308. The summed E-state index contributed by atoms with van der Waals surface area (Å²) in [6, 6.07) is 0. The van der Waals surface area contributed by atoms with E-state index in [2.05, 4.69) is 16.6 Å². The van der Waals surface area contributed by atoms with E-state index in [4.69, 9.17) is 0 Å². The minimum Gasteiger partial charge on any atom is -0.459 e. The Balaban J connectivity index is 2.73. The fourth-order valence-electron chi connectivity index (χ4n) is 1.14. The molecule has 0 amide bonds. The molecule has 0 saturated carbocycles. The summed E-state index contributed by atoms with van der Waals surface area (Å²) in [6.45, 7) is 0. The number of carbonyl (C=O) groups is 1. The molecule has 0 aromatic rings. The van der Waals surface area contributed by atoms with E-state index in [-0.39, 0.29) is 5.75 Å². The van der Waals surface area contributed by atoms with Crippen LogP contribution >= 0.6 is 0 Å². The van der Waals surface area contributed by atoms with Crippen LogP contribution in [-0.2, 0) is 19.4 Å². The van der Waals surface area contributed by atoms with Crippen LogP contribution in [0.1, 0.15) is 12.8 Å². The number of hydrogen-bond donors (Lipinski definition) is 0. The van der Waals surface area contributed by atoms with Crippen molar-refractivity contribution in [1.82, 2.24) is 0 Å². The maximum atomic E-state index is 11.2. The molecule has 0 aliphatic carbocycles. The van der Waals surface area contributed by atoms with E-state index >= 15 is 0 Å². The molecule has 1 unspecified atom stereocenters. The van der Waals surface area contributed by atoms with Crippen LogP contribution in [0.5, 0.6) is 0 Å². The highest BCUT2D eigenvalue weighted by Crippen LogP contribution is 2.18. The SMILES string of the molecule is COC(=O)C#CC1CCCS1(=O)=O. The predicted octanol–water partition coefficient (Wildman–Crippen LogP) is -0.260. The molecule has 1 saturated heterocycles. The van der Waals surface area contributed by atoms with Gasteiger partial charge in [0.05, 0.1) is 12.9 Å². The van der Waals surface area contributed by atoms with Crippen LogP contribution in [-0.4, -0.2) is 32.5 Å². The minimum absolute atomic E-state index is 0.174. The van der Waals surface area contributed by atoms with Gasteiger partial charge in [-0.3, -0.25) is 0 Å². The van der Waals surface area contributed by atoms with Gasteiger partial charge in [-0.05, 0) is 12.8 Å². The molecule has 0 radical (unpaired) electrons. The van der Waals surface area contributed by atoms with Crippen molar-refractivity contribution in [3.8, 4) is 11.8 Å². The van der Waals surface area contributed by atoms with Crippen molar-refractivity contribution >= 4 is 15.8 Å². The van der Waals surface area contributed by atoms with E-state index in [0.717, 1.165) is 0 Å². The van der Waals surface area contributed by atoms with Crippen molar-refractivity contribution in [3.05, 3.63) is 0 Å². The summed E-state index contributed by atoms with van der Waals surface area (Å²) in [5.41, 5.74) is 0. The third-order valence-corrected chi connectivity index (χ3v) is 3.93. The molecule has 72 valence electrons. The molecule has 1 rings (SSSR count). The predicted molar refractivity (Wildman–Crippen MR) is 46.6 cm³/mol. The molecule has 0 bridgehead atoms. The van der Waals surface area contributed by atoms with Crippen molar-refractivity contribution < 1.29 is 17.9 Å². The maximum Gasteiger partial charge on any atom is 0.384 e. The number of hydrogen-bond acceptors (Lipinski definition) is 4. The van der Waals surface area contributed by atoms with Crippen molar-refractivity contribution in [2.45, 2.75) is 18.1 Å². The van der Waals surface area contributed by atoms with Crippen LogP contribution in [0.3, 0.4) is 0 Å². The number of methoxy groups -OCH3 is 1. The third-order valence-electron chi connectivity index (χ3n) is 1.85. The number of sulfone groups is 1. The zero-order valence-corrected chi connectivity index (χ0v) is 8.06. The number of rotatable bonds is 0. The van der Waals surface area contributed by atoms with Gasteiger partial charge in [-0.15, -0.1) is 0 Å². The Kier molecular flexibility index (Phi) is 2.94. The lowest BCUT2D eigenvalue weighted by Gasteiger charge is -1.97. The van der Waals surface area contributed by atoms with Crippen LogP contribution in [0, 0.1) is 11.8 Å². The van der Waals surface area contributed by atoms with E-state index < -0.39 is 21.1 Å². The van der Waals surface area contributed by atoms with Gasteiger partial charge in [-0.1, -0.05) is 5.92 Å². The first-order valence-electron chi connectivity index (χ1n) is 3.87. The number of ether oxygens (including phenoxy) is 1. The van der Waals surface area contributed by atoms with Gasteiger partial charge in [-0.2, -0.15) is 0 Å². The summed E-state index contributed by atoms with van der Waals surface area (Å²) in [5.74, 6) is 4.03. The lowest BCUT2D eigenvalue weighted by Crippen LogP contribution is -2.13. The smallest absolute Gasteiger partial charge is 0.384 e. The Hall–Kier alpha value is -1.02. The summed E-state index contributed by atoms with van der Waals surface area (Å²) in [4.78, 5) is 10.6. The Bertz CT molecular complexity index is 357. The molecule has 13 heavy (non-hydrogen) atoms. The van der Waals surface area contributed by atoms with Crippen LogP contribution in [0.2, 0.25) is 0 Å². The summed E-state index contributed by atoms with van der Waals surface area (Å²) < 4.78 is 26.7. The summed E-state index contributed by atoms with van der Waals surface area (Å²) in [5, 5.41) is -0.674. The fraction of sp³-hybridized carbons (Fsp3) is 0.625. The topological polar surface area (TPSA) is 60.4 Å². The van der Waals surface area contributed by atoms with Crippen molar-refractivity contribution in [2.24, 2.45) is 0 Å². The molecule has 1 atom stereocenters. The molecule has 0 aromatic heterocycles. The minimum atomic E-state index is -3.07. The normalized spacial score (nSPS) is 24.5. The summed E-state index contributed by atoms with van der Waals surface area (Å²) in [6.07, 6.45) is 1.15. The van der Waals surface area contributed by atoms with Gasteiger partial charge in [0, 0.05) is 5.92 Å². The van der Waals surface area contributed by atoms with E-state index in [0.29, 0.717) is 12.8 Å². The second-order valence-corrected chi connectivity index (χ2v) is 5.06. The van der Waals surface area contributed by atoms with Crippen molar-refractivity contribution in [3.63, 3.8) is 0 Å². The molecular weight excluding hydrogens is 192 g/mol. The lowest BCUT2D eigenvalue weighted by molar-refractivity contribution is -0.133. The van der Waals surface area contributed by atoms with Gasteiger partial charge in [0.2, 0.25) is 0 Å². The molecule has 0 aromatic carbocycles. The van der Waals surface area contributed by atoms with Gasteiger partial charge in [0.15, 0.2) is 9.84 Å². The zero-order valence-electron chi connectivity index (χ0n) is 7.24. The molecule has 1 aliphatic rings. The molecule has 1 aliphatic heterocycles. The third kappa shape index (κ3) is 2.46. The van der Waals surface area contributed by atoms with Gasteiger partial charge in [-0.25, -0.2) is 13.2 Å². The van der Waals surface area contributed by atoms with E-state index in [1.54, 1.807) is 0 Å². The fourth-order valence-corrected chi connectivity index (χ4v) is 2.76. The van der Waals surface area contributed by atoms with Crippen LogP contribution in [0.4, 0.5) is 0 Å². The Morgan fingerprint density at radius 2 is 2.23 bits per heavy atom. The highest BCUT2D eigenvalue weighted by atomic mass is 32.2. The molecule has 1 heterocycles. The first-order valence-corrected chi connectivity index (χ1v) is 5.59. The average Bonchev–Trinajstić information content (AvgIpc) is 2.41. The average molecular weight is 202 g/mol. The zero-order chi connectivity index (χ0) is 9.90. The van der Waals surface area contributed by atoms with Crippen molar-refractivity contribution in [2.75, 3.05) is 12.9 Å². The first-order chi connectivity index (χ1) is 6.06. The monoisotopic (exact) mass is 202 g/mol. The highest BCUT2D eigenvalue weighted by molar-refractivity contribution is 7.92. The molecule has 0 spiro atoms. The molecule has 4 nitrogen and oxygen atoms in total. The van der Waals surface area contributed by atoms with Crippen LogP contribution in [0.15, 0.2) is 0 Å².